The Morgan fingerprint density at radius 1 is 1.22 bits per heavy atom. The zero-order valence-electron chi connectivity index (χ0n) is 15.0. The van der Waals surface area contributed by atoms with Gasteiger partial charge in [0.15, 0.2) is 5.11 Å². The number of hydrogen-bond acceptors (Lipinski definition) is 5. The lowest BCUT2D eigenvalue weighted by molar-refractivity contribution is 0.0600. The number of carbonyl (C=O) groups is 1. The summed E-state index contributed by atoms with van der Waals surface area (Å²) in [4.78, 5) is 11.5. The molecule has 0 amide bonds. The zero-order chi connectivity index (χ0) is 19.5. The smallest absolute Gasteiger partial charge is 0.337 e. The van der Waals surface area contributed by atoms with Gasteiger partial charge < -0.3 is 14.8 Å². The summed E-state index contributed by atoms with van der Waals surface area (Å²) in [6.45, 7) is 4.53. The summed E-state index contributed by atoms with van der Waals surface area (Å²) in [7, 11) is 1.36. The molecule has 0 atom stereocenters. The number of hydrazone groups is 1. The Morgan fingerprint density at radius 3 is 2.67 bits per heavy atom. The summed E-state index contributed by atoms with van der Waals surface area (Å²) in [5, 5.41) is 7.44. The number of nitrogens with one attached hydrogen (secondary N) is 2. The highest BCUT2D eigenvalue weighted by atomic mass is 32.1. The van der Waals surface area contributed by atoms with Crippen LogP contribution >= 0.6 is 12.2 Å². The van der Waals surface area contributed by atoms with E-state index in [0.29, 0.717) is 29.6 Å². The second-order valence-electron chi connectivity index (χ2n) is 5.38. The van der Waals surface area contributed by atoms with Crippen LogP contribution in [0.1, 0.15) is 21.5 Å². The van der Waals surface area contributed by atoms with E-state index in [2.05, 4.69) is 27.2 Å². The maximum atomic E-state index is 11.5. The number of thiocarbonyl (C=S) groups is 1. The third kappa shape index (κ3) is 6.56. The van der Waals surface area contributed by atoms with E-state index < -0.39 is 0 Å². The van der Waals surface area contributed by atoms with Gasteiger partial charge in [0.05, 0.1) is 18.9 Å². The van der Waals surface area contributed by atoms with Gasteiger partial charge in [0.2, 0.25) is 0 Å². The van der Waals surface area contributed by atoms with E-state index in [1.165, 1.54) is 7.11 Å². The molecule has 7 heteroatoms. The van der Waals surface area contributed by atoms with Crippen molar-refractivity contribution in [2.75, 3.05) is 13.7 Å². The molecule has 140 valence electrons. The molecule has 0 bridgehead atoms. The van der Waals surface area contributed by atoms with Crippen LogP contribution in [0, 0.1) is 0 Å². The first kappa shape index (κ1) is 20.1. The van der Waals surface area contributed by atoms with Crippen LogP contribution in [0.5, 0.6) is 5.75 Å². The first-order valence-corrected chi connectivity index (χ1v) is 8.61. The summed E-state index contributed by atoms with van der Waals surface area (Å²) in [5.74, 6) is 0.321. The Labute approximate surface area is 163 Å². The van der Waals surface area contributed by atoms with Gasteiger partial charge in [0.1, 0.15) is 12.4 Å². The molecular weight excluding hydrogens is 362 g/mol. The normalized spacial score (nSPS) is 10.3. The predicted octanol–water partition coefficient (Wildman–Crippen LogP) is 3.04. The molecule has 0 spiro atoms. The molecule has 0 aliphatic rings. The van der Waals surface area contributed by atoms with Gasteiger partial charge in [-0.05, 0) is 42.0 Å². The average Bonchev–Trinajstić information content (AvgIpc) is 2.71. The second kappa shape index (κ2) is 10.7. The average molecular weight is 383 g/mol. The summed E-state index contributed by atoms with van der Waals surface area (Å²) >= 11 is 5.07. The van der Waals surface area contributed by atoms with Gasteiger partial charge >= 0.3 is 5.97 Å². The molecule has 0 aliphatic carbocycles. The van der Waals surface area contributed by atoms with Crippen molar-refractivity contribution in [2.24, 2.45) is 5.10 Å². The topological polar surface area (TPSA) is 72.0 Å². The second-order valence-corrected chi connectivity index (χ2v) is 5.79. The van der Waals surface area contributed by atoms with Gasteiger partial charge in [0, 0.05) is 12.1 Å². The Morgan fingerprint density at radius 2 is 1.96 bits per heavy atom. The highest BCUT2D eigenvalue weighted by Crippen LogP contribution is 2.18. The Kier molecular flexibility index (Phi) is 7.99. The highest BCUT2D eigenvalue weighted by molar-refractivity contribution is 7.80. The molecule has 6 nitrogen and oxygen atoms in total. The minimum atomic E-state index is -0.364. The van der Waals surface area contributed by atoms with Crippen LogP contribution in [0.15, 0.2) is 66.3 Å². The number of ether oxygens (including phenoxy) is 2. The molecule has 27 heavy (non-hydrogen) atoms. The third-order valence-electron chi connectivity index (χ3n) is 3.47. The number of carbonyl (C=O) groups excluding carboxylic acids is 1. The molecule has 2 N–H and O–H groups in total. The molecule has 0 saturated heterocycles. The lowest BCUT2D eigenvalue weighted by Gasteiger charge is -2.09. The fourth-order valence-electron chi connectivity index (χ4n) is 2.10. The molecule has 0 saturated carbocycles. The Hall–Kier alpha value is -3.19. The van der Waals surface area contributed by atoms with Crippen molar-refractivity contribution in [1.82, 2.24) is 10.7 Å². The van der Waals surface area contributed by atoms with E-state index in [9.17, 15) is 4.79 Å². The van der Waals surface area contributed by atoms with Gasteiger partial charge in [-0.2, -0.15) is 5.10 Å². The lowest BCUT2D eigenvalue weighted by atomic mass is 10.1. The summed E-state index contributed by atoms with van der Waals surface area (Å²) < 4.78 is 10.6. The van der Waals surface area contributed by atoms with Crippen LogP contribution < -0.4 is 15.5 Å². The van der Waals surface area contributed by atoms with Crippen LogP contribution in [0.4, 0.5) is 0 Å². The van der Waals surface area contributed by atoms with E-state index in [1.54, 1.807) is 24.4 Å². The van der Waals surface area contributed by atoms with E-state index in [1.807, 2.05) is 36.4 Å². The molecular formula is C20H21N3O3S. The van der Waals surface area contributed by atoms with Crippen molar-refractivity contribution in [3.8, 4) is 5.75 Å². The number of benzene rings is 2. The molecule has 0 aliphatic heterocycles. The molecule has 2 aromatic rings. The Balaban J connectivity index is 1.96. The van der Waals surface area contributed by atoms with Crippen molar-refractivity contribution in [3.05, 3.63) is 77.9 Å². The number of methoxy groups -OCH3 is 1. The van der Waals surface area contributed by atoms with Gasteiger partial charge in [-0.25, -0.2) is 4.79 Å². The zero-order valence-corrected chi connectivity index (χ0v) is 15.8. The van der Waals surface area contributed by atoms with Crippen molar-refractivity contribution in [1.29, 1.82) is 0 Å². The summed E-state index contributed by atoms with van der Waals surface area (Å²) in [6, 6.07) is 14.6. The van der Waals surface area contributed by atoms with Crippen LogP contribution in [-0.4, -0.2) is 31.0 Å². The number of rotatable bonds is 8. The first-order valence-electron chi connectivity index (χ1n) is 8.21. The van der Waals surface area contributed by atoms with Gasteiger partial charge in [-0.15, -0.1) is 6.58 Å². The number of hydrogen-bond donors (Lipinski definition) is 2. The van der Waals surface area contributed by atoms with Gasteiger partial charge in [0.25, 0.3) is 0 Å². The Bertz CT molecular complexity index is 819. The van der Waals surface area contributed by atoms with Crippen LogP contribution in [-0.2, 0) is 11.3 Å². The van der Waals surface area contributed by atoms with Crippen molar-refractivity contribution in [2.45, 2.75) is 6.61 Å². The third-order valence-corrected chi connectivity index (χ3v) is 3.70. The van der Waals surface area contributed by atoms with Crippen molar-refractivity contribution in [3.63, 3.8) is 0 Å². The first-order chi connectivity index (χ1) is 13.1. The fourth-order valence-corrected chi connectivity index (χ4v) is 2.24. The maximum Gasteiger partial charge on any atom is 0.337 e. The molecule has 0 aromatic heterocycles. The quantitative estimate of drug-likeness (QED) is 0.240. The number of para-hydroxylation sites is 1. The molecule has 2 rings (SSSR count). The molecule has 0 unspecified atom stereocenters. The lowest BCUT2D eigenvalue weighted by Crippen LogP contribution is -2.31. The fraction of sp³-hybridized carbons (Fsp3) is 0.150. The largest absolute Gasteiger partial charge is 0.488 e. The minimum Gasteiger partial charge on any atom is -0.488 e. The van der Waals surface area contributed by atoms with E-state index >= 15 is 0 Å². The summed E-state index contributed by atoms with van der Waals surface area (Å²) in [6.07, 6.45) is 3.34. The van der Waals surface area contributed by atoms with E-state index in [4.69, 9.17) is 17.0 Å². The highest BCUT2D eigenvalue weighted by Gasteiger charge is 2.05. The molecule has 0 radical (unpaired) electrons. The van der Waals surface area contributed by atoms with Gasteiger partial charge in [-0.1, -0.05) is 30.3 Å². The summed E-state index contributed by atoms with van der Waals surface area (Å²) in [5.41, 5.74) is 4.97. The van der Waals surface area contributed by atoms with Gasteiger partial charge in [-0.3, -0.25) is 5.43 Å². The number of nitrogens with zero attached hydrogens (tertiary/aromatic N) is 1. The monoisotopic (exact) mass is 383 g/mol. The van der Waals surface area contributed by atoms with Crippen LogP contribution in [0.25, 0.3) is 0 Å². The van der Waals surface area contributed by atoms with Crippen molar-refractivity contribution < 1.29 is 14.3 Å². The maximum absolute atomic E-state index is 11.5. The minimum absolute atomic E-state index is 0.360. The molecule has 2 aromatic carbocycles. The van der Waals surface area contributed by atoms with E-state index in [0.717, 1.165) is 11.1 Å². The molecule has 0 fully saturated rings. The van der Waals surface area contributed by atoms with Crippen LogP contribution in [0.3, 0.4) is 0 Å². The molecule has 0 heterocycles. The standard InChI is InChI=1S/C20H21N3O3S/c1-3-12-21-20(27)23-22-13-17-6-4-5-7-18(17)26-14-15-8-10-16(11-9-15)19(24)25-2/h3-11,13H,1,12,14H2,2H3,(H2,21,23,27)/b22-13+. The number of esters is 1. The van der Waals surface area contributed by atoms with Crippen LogP contribution in [0.2, 0.25) is 0 Å². The van der Waals surface area contributed by atoms with Crippen molar-refractivity contribution >= 4 is 29.5 Å². The SMILES string of the molecule is C=CCNC(=S)N/N=C/c1ccccc1OCc1ccc(C(=O)OC)cc1. The predicted molar refractivity (Wildman–Crippen MR) is 110 cm³/mol. The van der Waals surface area contributed by atoms with E-state index in [-0.39, 0.29) is 5.97 Å².